The fraction of sp³-hybridized carbons (Fsp3) is 0.312. The number of anilines is 1. The molecule has 1 atom stereocenters. The Bertz CT molecular complexity index is 817. The lowest BCUT2D eigenvalue weighted by Gasteiger charge is -2.23. The Morgan fingerprint density at radius 3 is 2.67 bits per heavy atom. The number of nitrogens with one attached hydrogen (secondary N) is 1. The van der Waals surface area contributed by atoms with E-state index in [9.17, 15) is 13.2 Å². The van der Waals surface area contributed by atoms with E-state index in [1.54, 1.807) is 30.4 Å². The van der Waals surface area contributed by atoms with Crippen molar-refractivity contribution in [3.8, 4) is 0 Å². The number of aryl methyl sites for hydroxylation is 1. The lowest BCUT2D eigenvalue weighted by Crippen LogP contribution is -2.32. The zero-order chi connectivity index (χ0) is 17.9. The van der Waals surface area contributed by atoms with E-state index in [1.807, 2.05) is 36.4 Å². The van der Waals surface area contributed by atoms with Crippen molar-refractivity contribution < 1.29 is 13.2 Å². The molecule has 1 heterocycles. The van der Waals surface area contributed by atoms with Crippen molar-refractivity contribution in [3.63, 3.8) is 0 Å². The largest absolute Gasteiger partial charge is 0.325 e. The molecule has 8 heteroatoms. The van der Waals surface area contributed by atoms with Gasteiger partial charge in [0.05, 0.1) is 11.4 Å². The standard InChI is InChI=1S/C16H21N3O3S2/c1-11-6-7-13(9-15(11)24(17,21)22)18-16(20)10-19(3)12(2)14-5-4-8-23-14/h4-9,12H,10H2,1-3H3,(H,18,20)(H2,17,21,22). The van der Waals surface area contributed by atoms with Crippen molar-refractivity contribution in [2.24, 2.45) is 5.14 Å². The van der Waals surface area contributed by atoms with Crippen LogP contribution in [0.1, 0.15) is 23.4 Å². The normalized spacial score (nSPS) is 13.0. The molecular formula is C16H21N3O3S2. The molecule has 2 rings (SSSR count). The van der Waals surface area contributed by atoms with Gasteiger partial charge in [-0.2, -0.15) is 0 Å². The Labute approximate surface area is 146 Å². The summed E-state index contributed by atoms with van der Waals surface area (Å²) in [5.41, 5.74) is 0.950. The molecule has 1 amide bonds. The second-order valence-electron chi connectivity index (χ2n) is 5.68. The summed E-state index contributed by atoms with van der Waals surface area (Å²) in [6, 6.07) is 8.78. The molecule has 0 aliphatic carbocycles. The van der Waals surface area contributed by atoms with E-state index in [-0.39, 0.29) is 23.4 Å². The molecule has 2 aromatic rings. The van der Waals surface area contributed by atoms with Crippen molar-refractivity contribution >= 4 is 33.0 Å². The van der Waals surface area contributed by atoms with Crippen molar-refractivity contribution in [1.82, 2.24) is 4.90 Å². The van der Waals surface area contributed by atoms with Crippen molar-refractivity contribution in [2.75, 3.05) is 18.9 Å². The van der Waals surface area contributed by atoms with Crippen LogP contribution in [-0.2, 0) is 14.8 Å². The van der Waals surface area contributed by atoms with E-state index in [2.05, 4.69) is 5.32 Å². The number of nitrogens with two attached hydrogens (primary N) is 1. The predicted molar refractivity (Wildman–Crippen MR) is 96.5 cm³/mol. The quantitative estimate of drug-likeness (QED) is 0.819. The van der Waals surface area contributed by atoms with E-state index in [0.29, 0.717) is 11.3 Å². The lowest BCUT2D eigenvalue weighted by atomic mass is 10.2. The molecular weight excluding hydrogens is 346 g/mol. The second kappa shape index (κ2) is 7.43. The van der Waals surface area contributed by atoms with Crippen LogP contribution in [0.25, 0.3) is 0 Å². The number of amides is 1. The predicted octanol–water partition coefficient (Wildman–Crippen LogP) is 2.34. The number of hydrogen-bond donors (Lipinski definition) is 2. The Morgan fingerprint density at radius 2 is 2.08 bits per heavy atom. The Kier molecular flexibility index (Phi) is 5.76. The van der Waals surface area contributed by atoms with Crippen LogP contribution in [0.5, 0.6) is 0 Å². The van der Waals surface area contributed by atoms with Crippen LogP contribution in [-0.4, -0.2) is 32.8 Å². The molecule has 0 saturated heterocycles. The Hall–Kier alpha value is -1.74. The van der Waals surface area contributed by atoms with Crippen LogP contribution >= 0.6 is 11.3 Å². The van der Waals surface area contributed by atoms with Crippen molar-refractivity contribution in [2.45, 2.75) is 24.8 Å². The van der Waals surface area contributed by atoms with Gasteiger partial charge >= 0.3 is 0 Å². The van der Waals surface area contributed by atoms with Crippen molar-refractivity contribution in [1.29, 1.82) is 0 Å². The number of sulfonamides is 1. The summed E-state index contributed by atoms with van der Waals surface area (Å²) in [4.78, 5) is 15.3. The fourth-order valence-corrected chi connectivity index (χ4v) is 3.95. The SMILES string of the molecule is Cc1ccc(NC(=O)CN(C)C(C)c2cccs2)cc1S(N)(=O)=O. The molecule has 3 N–H and O–H groups in total. The van der Waals surface area contributed by atoms with E-state index >= 15 is 0 Å². The number of hydrogen-bond acceptors (Lipinski definition) is 5. The summed E-state index contributed by atoms with van der Waals surface area (Å²) in [7, 11) is -1.95. The zero-order valence-corrected chi connectivity index (χ0v) is 15.4. The van der Waals surface area contributed by atoms with E-state index in [1.165, 1.54) is 10.9 Å². The summed E-state index contributed by atoms with van der Waals surface area (Å²) < 4.78 is 23.1. The minimum Gasteiger partial charge on any atom is -0.325 e. The molecule has 0 radical (unpaired) electrons. The molecule has 0 aliphatic rings. The van der Waals surface area contributed by atoms with Gasteiger partial charge in [-0.25, -0.2) is 13.6 Å². The molecule has 1 aromatic heterocycles. The van der Waals surface area contributed by atoms with Crippen LogP contribution in [0.15, 0.2) is 40.6 Å². The first-order valence-electron chi connectivity index (χ1n) is 7.35. The number of primary sulfonamides is 1. The number of rotatable bonds is 6. The molecule has 6 nitrogen and oxygen atoms in total. The highest BCUT2D eigenvalue weighted by Gasteiger charge is 2.17. The first kappa shape index (κ1) is 18.6. The van der Waals surface area contributed by atoms with Crippen LogP contribution < -0.4 is 10.5 Å². The summed E-state index contributed by atoms with van der Waals surface area (Å²) in [5.74, 6) is -0.217. The van der Waals surface area contributed by atoms with Gasteiger partial charge in [0.25, 0.3) is 0 Å². The van der Waals surface area contributed by atoms with Crippen LogP contribution in [0.2, 0.25) is 0 Å². The van der Waals surface area contributed by atoms with Gasteiger partial charge in [0.2, 0.25) is 15.9 Å². The van der Waals surface area contributed by atoms with Crippen LogP contribution in [0.3, 0.4) is 0 Å². The molecule has 1 aromatic carbocycles. The molecule has 130 valence electrons. The smallest absolute Gasteiger partial charge is 0.238 e. The number of thiophene rings is 1. The third-order valence-electron chi connectivity index (χ3n) is 3.79. The summed E-state index contributed by atoms with van der Waals surface area (Å²) >= 11 is 1.64. The first-order chi connectivity index (χ1) is 11.2. The third-order valence-corrected chi connectivity index (χ3v) is 5.88. The topological polar surface area (TPSA) is 92.5 Å². The average molecular weight is 367 g/mol. The zero-order valence-electron chi connectivity index (χ0n) is 13.8. The molecule has 0 spiro atoms. The molecule has 0 bridgehead atoms. The highest BCUT2D eigenvalue weighted by Crippen LogP contribution is 2.23. The summed E-state index contributed by atoms with van der Waals surface area (Å²) in [6.07, 6.45) is 0. The number of likely N-dealkylation sites (N-methyl/N-ethyl adjacent to an activating group) is 1. The van der Waals surface area contributed by atoms with E-state index < -0.39 is 10.0 Å². The van der Waals surface area contributed by atoms with E-state index in [4.69, 9.17) is 5.14 Å². The van der Waals surface area contributed by atoms with Gasteiger partial charge in [0.1, 0.15) is 0 Å². The third kappa shape index (κ3) is 4.64. The molecule has 1 unspecified atom stereocenters. The number of carbonyl (C=O) groups is 1. The average Bonchev–Trinajstić information content (AvgIpc) is 3.01. The maximum absolute atomic E-state index is 12.2. The van der Waals surface area contributed by atoms with Gasteiger partial charge in [0.15, 0.2) is 0 Å². The number of benzene rings is 1. The molecule has 0 aliphatic heterocycles. The van der Waals surface area contributed by atoms with Crippen LogP contribution in [0, 0.1) is 6.92 Å². The van der Waals surface area contributed by atoms with Crippen LogP contribution in [0.4, 0.5) is 5.69 Å². The van der Waals surface area contributed by atoms with Gasteiger partial charge < -0.3 is 5.32 Å². The van der Waals surface area contributed by atoms with E-state index in [0.717, 1.165) is 0 Å². The Balaban J connectivity index is 2.05. The highest BCUT2D eigenvalue weighted by atomic mass is 32.2. The highest BCUT2D eigenvalue weighted by molar-refractivity contribution is 7.89. The maximum Gasteiger partial charge on any atom is 0.238 e. The number of nitrogens with zero attached hydrogens (tertiary/aromatic N) is 1. The van der Waals surface area contributed by atoms with Gasteiger partial charge in [-0.3, -0.25) is 9.69 Å². The van der Waals surface area contributed by atoms with Gasteiger partial charge in [-0.1, -0.05) is 12.1 Å². The molecule has 24 heavy (non-hydrogen) atoms. The maximum atomic E-state index is 12.2. The minimum atomic E-state index is -3.82. The lowest BCUT2D eigenvalue weighted by molar-refractivity contribution is -0.117. The summed E-state index contributed by atoms with van der Waals surface area (Å²) in [5, 5.41) is 9.90. The second-order valence-corrected chi connectivity index (χ2v) is 8.19. The van der Waals surface area contributed by atoms with Gasteiger partial charge in [0, 0.05) is 16.6 Å². The van der Waals surface area contributed by atoms with Crippen molar-refractivity contribution in [3.05, 3.63) is 46.2 Å². The first-order valence-corrected chi connectivity index (χ1v) is 9.78. The Morgan fingerprint density at radius 1 is 1.38 bits per heavy atom. The van der Waals surface area contributed by atoms with Gasteiger partial charge in [-0.15, -0.1) is 11.3 Å². The summed E-state index contributed by atoms with van der Waals surface area (Å²) in [6.45, 7) is 3.88. The monoisotopic (exact) mass is 367 g/mol. The fourth-order valence-electron chi connectivity index (χ4n) is 2.29. The molecule has 0 saturated carbocycles. The number of carbonyl (C=O) groups excluding carboxylic acids is 1. The molecule has 0 fully saturated rings. The minimum absolute atomic E-state index is 0.0145. The van der Waals surface area contributed by atoms with Gasteiger partial charge in [-0.05, 0) is 50.0 Å².